The summed E-state index contributed by atoms with van der Waals surface area (Å²) >= 11 is 1.86. The molecule has 0 atom stereocenters. The van der Waals surface area contributed by atoms with Crippen molar-refractivity contribution in [1.29, 1.82) is 0 Å². The fourth-order valence-corrected chi connectivity index (χ4v) is 8.67. The highest BCUT2D eigenvalue weighted by Gasteiger charge is 2.19. The number of fused-ring (bicyclic) bond motifs is 7. The molecule has 49 heavy (non-hydrogen) atoms. The topological polar surface area (TPSA) is 8.17 Å². The molecule has 0 N–H and O–H groups in total. The lowest BCUT2D eigenvalue weighted by molar-refractivity contribution is 1.18. The summed E-state index contributed by atoms with van der Waals surface area (Å²) in [7, 11) is 0. The summed E-state index contributed by atoms with van der Waals surface area (Å²) in [5.74, 6) is 0. The number of aromatic nitrogens is 1. The third kappa shape index (κ3) is 4.47. The van der Waals surface area contributed by atoms with Crippen molar-refractivity contribution in [3.05, 3.63) is 182 Å². The van der Waals surface area contributed by atoms with Gasteiger partial charge in [-0.1, -0.05) is 109 Å². The van der Waals surface area contributed by atoms with Crippen LogP contribution in [0.5, 0.6) is 0 Å². The first-order chi connectivity index (χ1) is 24.3. The molecule has 0 amide bonds. The molecule has 0 saturated heterocycles. The Bertz CT molecular complexity index is 2830. The van der Waals surface area contributed by atoms with Crippen LogP contribution in [0.1, 0.15) is 0 Å². The van der Waals surface area contributed by atoms with E-state index in [-0.39, 0.29) is 0 Å². The SMILES string of the molecule is c1ccc(N(c2ccc3sc4ccccc4c3c2)c2ccc(-c3ccc4c(c3)c3ccccc3n4-c3ccccc3)c3ccccc23)cc1. The molecule has 0 unspecified atom stereocenters. The van der Waals surface area contributed by atoms with E-state index in [0.29, 0.717) is 0 Å². The number of para-hydroxylation sites is 3. The van der Waals surface area contributed by atoms with Crippen molar-refractivity contribution in [3.63, 3.8) is 0 Å². The van der Waals surface area contributed by atoms with E-state index in [1.54, 1.807) is 0 Å². The van der Waals surface area contributed by atoms with Gasteiger partial charge in [0, 0.05) is 53.4 Å². The molecule has 3 heteroatoms. The Labute approximate surface area is 288 Å². The molecule has 0 radical (unpaired) electrons. The zero-order valence-corrected chi connectivity index (χ0v) is 27.4. The number of nitrogens with zero attached hydrogens (tertiary/aromatic N) is 2. The van der Waals surface area contributed by atoms with Gasteiger partial charge in [-0.25, -0.2) is 0 Å². The second-order valence-electron chi connectivity index (χ2n) is 12.5. The molecule has 10 aromatic rings. The average Bonchev–Trinajstić information content (AvgIpc) is 3.71. The van der Waals surface area contributed by atoms with Crippen LogP contribution in [0.15, 0.2) is 182 Å². The van der Waals surface area contributed by atoms with Gasteiger partial charge in [0.05, 0.1) is 16.7 Å². The lowest BCUT2D eigenvalue weighted by Crippen LogP contribution is -2.10. The molecule has 2 aromatic heterocycles. The monoisotopic (exact) mass is 642 g/mol. The van der Waals surface area contributed by atoms with Gasteiger partial charge in [0.25, 0.3) is 0 Å². The van der Waals surface area contributed by atoms with Crippen LogP contribution in [-0.2, 0) is 0 Å². The van der Waals surface area contributed by atoms with E-state index in [4.69, 9.17) is 0 Å². The van der Waals surface area contributed by atoms with Crippen molar-refractivity contribution < 1.29 is 0 Å². The summed E-state index contributed by atoms with van der Waals surface area (Å²) in [6.07, 6.45) is 0. The molecule has 10 rings (SSSR count). The molecule has 2 heterocycles. The van der Waals surface area contributed by atoms with E-state index in [2.05, 4.69) is 191 Å². The Morgan fingerprint density at radius 1 is 0.388 bits per heavy atom. The van der Waals surface area contributed by atoms with E-state index in [0.717, 1.165) is 17.1 Å². The lowest BCUT2D eigenvalue weighted by Gasteiger charge is -2.27. The van der Waals surface area contributed by atoms with Crippen LogP contribution in [-0.4, -0.2) is 4.57 Å². The Morgan fingerprint density at radius 2 is 1.04 bits per heavy atom. The third-order valence-electron chi connectivity index (χ3n) is 9.77. The molecule has 230 valence electrons. The maximum Gasteiger partial charge on any atom is 0.0541 e. The van der Waals surface area contributed by atoms with Crippen molar-refractivity contribution in [2.75, 3.05) is 4.90 Å². The highest BCUT2D eigenvalue weighted by molar-refractivity contribution is 7.25. The highest BCUT2D eigenvalue weighted by atomic mass is 32.1. The van der Waals surface area contributed by atoms with Crippen LogP contribution in [0.2, 0.25) is 0 Å². The van der Waals surface area contributed by atoms with Crippen LogP contribution < -0.4 is 4.90 Å². The molecule has 2 nitrogen and oxygen atoms in total. The number of anilines is 3. The molecule has 0 fully saturated rings. The minimum atomic E-state index is 1.13. The summed E-state index contributed by atoms with van der Waals surface area (Å²) < 4.78 is 5.00. The fraction of sp³-hybridized carbons (Fsp3) is 0. The van der Waals surface area contributed by atoms with Crippen LogP contribution in [0.25, 0.3) is 69.6 Å². The quantitative estimate of drug-likeness (QED) is 0.181. The van der Waals surface area contributed by atoms with Crippen LogP contribution in [0.4, 0.5) is 17.1 Å². The molecule has 0 spiro atoms. The summed E-state index contributed by atoms with van der Waals surface area (Å²) in [6, 6.07) is 66.2. The summed E-state index contributed by atoms with van der Waals surface area (Å²) in [5.41, 5.74) is 9.48. The Hall–Kier alpha value is -6.16. The van der Waals surface area contributed by atoms with Crippen molar-refractivity contribution in [1.82, 2.24) is 4.57 Å². The van der Waals surface area contributed by atoms with Gasteiger partial charge in [-0.15, -0.1) is 11.3 Å². The normalized spacial score (nSPS) is 11.7. The smallest absolute Gasteiger partial charge is 0.0541 e. The Morgan fingerprint density at radius 3 is 1.88 bits per heavy atom. The van der Waals surface area contributed by atoms with Gasteiger partial charge in [-0.2, -0.15) is 0 Å². The first-order valence-corrected chi connectivity index (χ1v) is 17.5. The van der Waals surface area contributed by atoms with Crippen LogP contribution in [0, 0.1) is 0 Å². The van der Waals surface area contributed by atoms with Crippen molar-refractivity contribution in [2.45, 2.75) is 0 Å². The van der Waals surface area contributed by atoms with Gasteiger partial charge in [0.15, 0.2) is 0 Å². The molecule has 8 aromatic carbocycles. The standard InChI is InChI=1S/C46H30N2S/c1-3-13-32(14-4-1)47(34-24-28-46-41(30-34)39-20-10-12-22-45(39)49-46)43-27-25-35(36-17-7-8-18-37(36)43)31-23-26-44-40(29-31)38-19-9-11-21-42(38)48(44)33-15-5-2-6-16-33/h1-30H. The number of rotatable bonds is 5. The average molecular weight is 643 g/mol. The molecule has 0 aliphatic heterocycles. The zero-order chi connectivity index (χ0) is 32.3. The number of benzene rings is 8. The first-order valence-electron chi connectivity index (χ1n) is 16.7. The van der Waals surface area contributed by atoms with Gasteiger partial charge in [0.2, 0.25) is 0 Å². The van der Waals surface area contributed by atoms with Gasteiger partial charge in [-0.05, 0) is 89.3 Å². The minimum absolute atomic E-state index is 1.13. The molecule has 0 aliphatic rings. The van der Waals surface area contributed by atoms with Gasteiger partial charge in [-0.3, -0.25) is 0 Å². The summed E-state index contributed by atoms with van der Waals surface area (Å²) in [6.45, 7) is 0. The maximum absolute atomic E-state index is 2.41. The lowest BCUT2D eigenvalue weighted by atomic mass is 9.95. The fourth-order valence-electron chi connectivity index (χ4n) is 7.58. The number of thiophene rings is 1. The van der Waals surface area contributed by atoms with Gasteiger partial charge >= 0.3 is 0 Å². The van der Waals surface area contributed by atoms with Crippen molar-refractivity contribution in [3.8, 4) is 16.8 Å². The zero-order valence-electron chi connectivity index (χ0n) is 26.6. The van der Waals surface area contributed by atoms with Crippen LogP contribution >= 0.6 is 11.3 Å². The molecular weight excluding hydrogens is 613 g/mol. The number of hydrogen-bond acceptors (Lipinski definition) is 2. The van der Waals surface area contributed by atoms with E-state index >= 15 is 0 Å². The predicted molar refractivity (Wildman–Crippen MR) is 211 cm³/mol. The second-order valence-corrected chi connectivity index (χ2v) is 13.6. The van der Waals surface area contributed by atoms with Crippen LogP contribution in [0.3, 0.4) is 0 Å². The Kier molecular flexibility index (Phi) is 6.39. The maximum atomic E-state index is 2.41. The van der Waals surface area contributed by atoms with Gasteiger partial charge < -0.3 is 9.47 Å². The first kappa shape index (κ1) is 27.9. The summed E-state index contributed by atoms with van der Waals surface area (Å²) in [5, 5.41) is 7.56. The van der Waals surface area contributed by atoms with Gasteiger partial charge in [0.1, 0.15) is 0 Å². The van der Waals surface area contributed by atoms with Crippen molar-refractivity contribution in [2.24, 2.45) is 0 Å². The molecular formula is C46H30N2S. The molecule has 0 bridgehead atoms. The second kappa shape index (κ2) is 11.2. The summed E-state index contributed by atoms with van der Waals surface area (Å²) in [4.78, 5) is 2.41. The van der Waals surface area contributed by atoms with Crippen molar-refractivity contribution >= 4 is 81.1 Å². The number of hydrogen-bond donors (Lipinski definition) is 0. The molecule has 0 aliphatic carbocycles. The Balaban J connectivity index is 1.17. The van der Waals surface area contributed by atoms with E-state index in [1.165, 1.54) is 69.6 Å². The van der Waals surface area contributed by atoms with E-state index in [9.17, 15) is 0 Å². The van der Waals surface area contributed by atoms with E-state index in [1.807, 2.05) is 11.3 Å². The molecule has 0 saturated carbocycles. The van der Waals surface area contributed by atoms with E-state index < -0.39 is 0 Å². The third-order valence-corrected chi connectivity index (χ3v) is 10.9. The minimum Gasteiger partial charge on any atom is -0.310 e. The highest BCUT2D eigenvalue weighted by Crippen LogP contribution is 2.45. The largest absolute Gasteiger partial charge is 0.310 e. The predicted octanol–water partition coefficient (Wildman–Crippen LogP) is 13.4.